The van der Waals surface area contributed by atoms with Crippen molar-refractivity contribution in [1.82, 2.24) is 0 Å². The molecule has 30 heavy (non-hydrogen) atoms. The van der Waals surface area contributed by atoms with Gasteiger partial charge in [-0.1, -0.05) is 35.4 Å². The smallest absolute Gasteiger partial charge is 0.340 e. The number of aliphatic hydroxyl groups excluding tert-OH is 2. The minimum absolute atomic E-state index is 0.161. The van der Waals surface area contributed by atoms with Crippen LogP contribution in [0.5, 0.6) is 0 Å². The Morgan fingerprint density at radius 2 is 1.07 bits per heavy atom. The van der Waals surface area contributed by atoms with Crippen molar-refractivity contribution in [3.63, 3.8) is 0 Å². The van der Waals surface area contributed by atoms with Gasteiger partial charge >= 0.3 is 7.37 Å². The Bertz CT molecular complexity index is 916. The van der Waals surface area contributed by atoms with Gasteiger partial charge in [0, 0.05) is 11.1 Å². The Morgan fingerprint density at radius 3 is 1.33 bits per heavy atom. The molecular formula is C23H29O6P. The zero-order valence-electron chi connectivity index (χ0n) is 18.3. The molecule has 0 heterocycles. The van der Waals surface area contributed by atoms with E-state index in [2.05, 4.69) is 0 Å². The van der Waals surface area contributed by atoms with E-state index in [1.54, 1.807) is 52.0 Å². The molecule has 2 aromatic carbocycles. The molecule has 0 radical (unpaired) electrons. The van der Waals surface area contributed by atoms with Gasteiger partial charge in [-0.3, -0.25) is 14.2 Å². The Morgan fingerprint density at radius 1 is 0.767 bits per heavy atom. The van der Waals surface area contributed by atoms with Crippen LogP contribution >= 0.6 is 7.37 Å². The highest BCUT2D eigenvalue weighted by Crippen LogP contribution is 2.55. The molecule has 0 aliphatic heterocycles. The lowest BCUT2D eigenvalue weighted by molar-refractivity contribution is 0.0603. The third kappa shape index (κ3) is 4.62. The van der Waals surface area contributed by atoms with Gasteiger partial charge in [0.15, 0.2) is 0 Å². The summed E-state index contributed by atoms with van der Waals surface area (Å²) >= 11 is 0. The standard InChI is InChI=1S/C23H29O6P/c1-13-7-15(3)20(16(4)8-13)22(26)30(28,29-19(11-24)12-25)23(27)21-17(5)9-14(2)10-18(21)6/h7-10,19,24-25H,11-12H2,1-6H3. The molecule has 0 bridgehead atoms. The minimum Gasteiger partial charge on any atom is -0.394 e. The number of aryl methyl sites for hydroxylation is 6. The predicted octanol–water partition coefficient (Wildman–Crippen LogP) is 4.17. The van der Waals surface area contributed by atoms with Crippen LogP contribution in [-0.4, -0.2) is 40.6 Å². The van der Waals surface area contributed by atoms with E-state index in [1.165, 1.54) is 0 Å². The summed E-state index contributed by atoms with van der Waals surface area (Å²) in [6.45, 7) is 9.22. The van der Waals surface area contributed by atoms with Gasteiger partial charge in [-0.25, -0.2) is 0 Å². The lowest BCUT2D eigenvalue weighted by Crippen LogP contribution is -2.26. The number of hydrogen-bond acceptors (Lipinski definition) is 6. The van der Waals surface area contributed by atoms with E-state index in [4.69, 9.17) is 4.52 Å². The lowest BCUT2D eigenvalue weighted by atomic mass is 10.0. The highest BCUT2D eigenvalue weighted by atomic mass is 31.2. The summed E-state index contributed by atoms with van der Waals surface area (Å²) in [4.78, 5) is 27.0. The first kappa shape index (κ1) is 24.2. The van der Waals surface area contributed by atoms with Crippen LogP contribution in [0.15, 0.2) is 24.3 Å². The molecule has 0 unspecified atom stereocenters. The Hall–Kier alpha value is -2.11. The van der Waals surface area contributed by atoms with Gasteiger partial charge in [-0.15, -0.1) is 0 Å². The van der Waals surface area contributed by atoms with E-state index >= 15 is 0 Å². The maximum absolute atomic E-state index is 14.0. The second-order valence-corrected chi connectivity index (χ2v) is 9.93. The van der Waals surface area contributed by atoms with Crippen molar-refractivity contribution in [1.29, 1.82) is 0 Å². The second kappa shape index (κ2) is 9.36. The zero-order chi connectivity index (χ0) is 22.8. The van der Waals surface area contributed by atoms with Gasteiger partial charge in [0.25, 0.3) is 11.0 Å². The van der Waals surface area contributed by atoms with Crippen LogP contribution in [0.1, 0.15) is 54.1 Å². The quantitative estimate of drug-likeness (QED) is 0.608. The summed E-state index contributed by atoms with van der Waals surface area (Å²) in [6, 6.07) is 7.08. The van der Waals surface area contributed by atoms with Crippen molar-refractivity contribution in [3.8, 4) is 0 Å². The summed E-state index contributed by atoms with van der Waals surface area (Å²) < 4.78 is 19.4. The largest absolute Gasteiger partial charge is 0.394 e. The lowest BCUT2D eigenvalue weighted by Gasteiger charge is -2.23. The van der Waals surface area contributed by atoms with Gasteiger partial charge in [-0.2, -0.15) is 0 Å². The molecule has 0 amide bonds. The predicted molar refractivity (Wildman–Crippen MR) is 117 cm³/mol. The maximum Gasteiger partial charge on any atom is 0.340 e. The topological polar surface area (TPSA) is 101 Å². The monoisotopic (exact) mass is 432 g/mol. The first-order valence-electron chi connectivity index (χ1n) is 9.71. The Kier molecular flexibility index (Phi) is 7.54. The number of benzene rings is 2. The van der Waals surface area contributed by atoms with E-state index in [0.717, 1.165) is 11.1 Å². The molecule has 0 spiro atoms. The van der Waals surface area contributed by atoms with E-state index in [1.807, 2.05) is 13.8 Å². The van der Waals surface area contributed by atoms with Crippen LogP contribution < -0.4 is 0 Å². The maximum atomic E-state index is 14.0. The summed E-state index contributed by atoms with van der Waals surface area (Å²) in [6.07, 6.45) is -1.32. The Labute approximate surface area is 177 Å². The second-order valence-electron chi connectivity index (χ2n) is 7.80. The Balaban J connectivity index is 2.73. The van der Waals surface area contributed by atoms with Gasteiger partial charge < -0.3 is 14.7 Å². The van der Waals surface area contributed by atoms with Gasteiger partial charge in [0.2, 0.25) is 0 Å². The first-order chi connectivity index (χ1) is 14.0. The number of aliphatic hydroxyl groups is 2. The third-order valence-corrected chi connectivity index (χ3v) is 7.13. The van der Waals surface area contributed by atoms with Crippen LogP contribution in [0.25, 0.3) is 0 Å². The van der Waals surface area contributed by atoms with Crippen LogP contribution in [0, 0.1) is 41.5 Å². The average Bonchev–Trinajstić information content (AvgIpc) is 2.63. The fraction of sp³-hybridized carbons (Fsp3) is 0.391. The van der Waals surface area contributed by atoms with Crippen LogP contribution in [-0.2, 0) is 9.09 Å². The van der Waals surface area contributed by atoms with E-state index < -0.39 is 37.7 Å². The average molecular weight is 432 g/mol. The van der Waals surface area contributed by atoms with Crippen molar-refractivity contribution in [2.24, 2.45) is 0 Å². The molecule has 7 heteroatoms. The van der Waals surface area contributed by atoms with Gasteiger partial charge in [0.1, 0.15) is 6.10 Å². The molecule has 0 fully saturated rings. The summed E-state index contributed by atoms with van der Waals surface area (Å²) in [5.74, 6) is 0. The number of rotatable bonds is 8. The molecule has 0 atom stereocenters. The fourth-order valence-electron chi connectivity index (χ4n) is 3.85. The molecule has 2 N–H and O–H groups in total. The van der Waals surface area contributed by atoms with E-state index in [0.29, 0.717) is 22.3 Å². The molecular weight excluding hydrogens is 403 g/mol. The number of carbonyl (C=O) groups is 2. The molecule has 162 valence electrons. The number of hydrogen-bond donors (Lipinski definition) is 2. The SMILES string of the molecule is Cc1cc(C)c(C(=O)P(=O)(OC(CO)CO)C(=O)c2c(C)cc(C)cc2C)c(C)c1. The van der Waals surface area contributed by atoms with Crippen LogP contribution in [0.2, 0.25) is 0 Å². The highest BCUT2D eigenvalue weighted by Gasteiger charge is 2.46. The van der Waals surface area contributed by atoms with E-state index in [-0.39, 0.29) is 11.1 Å². The molecule has 0 aromatic heterocycles. The summed E-state index contributed by atoms with van der Waals surface area (Å²) in [5, 5.41) is 18.9. The number of carbonyl (C=O) groups excluding carboxylic acids is 2. The fourth-order valence-corrected chi connectivity index (χ4v) is 6.07. The molecule has 6 nitrogen and oxygen atoms in total. The summed E-state index contributed by atoms with van der Waals surface area (Å²) in [5.41, 5.74) is 2.65. The van der Waals surface area contributed by atoms with Gasteiger partial charge in [-0.05, 0) is 63.8 Å². The summed E-state index contributed by atoms with van der Waals surface area (Å²) in [7, 11) is -4.67. The highest BCUT2D eigenvalue weighted by molar-refractivity contribution is 7.91. The molecule has 2 rings (SSSR count). The van der Waals surface area contributed by atoms with Crippen molar-refractivity contribution < 1.29 is 28.9 Å². The minimum atomic E-state index is -4.67. The molecule has 0 saturated heterocycles. The molecule has 0 aliphatic rings. The van der Waals surface area contributed by atoms with Crippen molar-refractivity contribution >= 4 is 18.4 Å². The van der Waals surface area contributed by atoms with Crippen molar-refractivity contribution in [2.45, 2.75) is 47.6 Å². The van der Waals surface area contributed by atoms with Gasteiger partial charge in [0.05, 0.1) is 13.2 Å². The molecule has 0 aliphatic carbocycles. The van der Waals surface area contributed by atoms with Crippen molar-refractivity contribution in [2.75, 3.05) is 13.2 Å². The molecule has 0 saturated carbocycles. The zero-order valence-corrected chi connectivity index (χ0v) is 19.2. The molecule has 2 aromatic rings. The van der Waals surface area contributed by atoms with Crippen molar-refractivity contribution in [3.05, 3.63) is 68.8 Å². The third-order valence-electron chi connectivity index (χ3n) is 5.02. The normalized spacial score (nSPS) is 11.8. The first-order valence-corrected chi connectivity index (χ1v) is 11.3. The van der Waals surface area contributed by atoms with Crippen LogP contribution in [0.3, 0.4) is 0 Å². The van der Waals surface area contributed by atoms with E-state index in [9.17, 15) is 24.4 Å². The van der Waals surface area contributed by atoms with Crippen LogP contribution in [0.4, 0.5) is 0 Å².